The van der Waals surface area contributed by atoms with Gasteiger partial charge in [0.25, 0.3) is 0 Å². The van der Waals surface area contributed by atoms with Gasteiger partial charge in [-0.05, 0) is 103 Å². The second-order valence-corrected chi connectivity index (χ2v) is 14.4. The summed E-state index contributed by atoms with van der Waals surface area (Å²) >= 11 is 0. The van der Waals surface area contributed by atoms with Gasteiger partial charge in [0.2, 0.25) is 0 Å². The van der Waals surface area contributed by atoms with Crippen molar-refractivity contribution in [2.24, 2.45) is 5.92 Å². The first-order valence-electron chi connectivity index (χ1n) is 17.4. The lowest BCUT2D eigenvalue weighted by molar-refractivity contribution is 0.0713. The molecule has 47 heavy (non-hydrogen) atoms. The largest absolute Gasteiger partial charge is 0.379 e. The fourth-order valence-electron chi connectivity index (χ4n) is 8.23. The molecule has 2 saturated heterocycles. The average Bonchev–Trinajstić information content (AvgIpc) is 4.03. The van der Waals surface area contributed by atoms with E-state index < -0.39 is 0 Å². The molecular weight excluding hydrogens is 580 g/mol. The van der Waals surface area contributed by atoms with Crippen molar-refractivity contribution in [1.82, 2.24) is 0 Å². The lowest BCUT2D eigenvalue weighted by Crippen LogP contribution is -2.32. The zero-order valence-electron chi connectivity index (χ0n) is 27.4. The van der Waals surface area contributed by atoms with Gasteiger partial charge in [-0.15, -0.1) is 0 Å². The number of hydrogen-bond acceptors (Lipinski definition) is 4. The molecule has 3 aliphatic rings. The van der Waals surface area contributed by atoms with Crippen LogP contribution in [0.15, 0.2) is 91.0 Å². The Kier molecular flexibility index (Phi) is 7.31. The van der Waals surface area contributed by atoms with Crippen molar-refractivity contribution in [2.45, 2.75) is 50.7 Å². The van der Waals surface area contributed by atoms with Crippen LogP contribution in [-0.2, 0) is 30.8 Å². The maximum atomic E-state index is 6.50. The molecule has 2 fully saturated rings. The topological polar surface area (TPSA) is 43.5 Å². The Morgan fingerprint density at radius 2 is 1.38 bits per heavy atom. The molecule has 4 heteroatoms. The highest BCUT2D eigenvalue weighted by molar-refractivity contribution is 6.25. The van der Waals surface area contributed by atoms with E-state index in [0.717, 1.165) is 39.1 Å². The van der Waals surface area contributed by atoms with E-state index in [2.05, 4.69) is 105 Å². The van der Waals surface area contributed by atoms with E-state index in [-0.39, 0.29) is 17.6 Å². The Balaban J connectivity index is 1.15. The minimum Gasteiger partial charge on any atom is -0.379 e. The Labute approximate surface area is 276 Å². The SMILES string of the molecule is CC(C)Cc1cc2ccc3ccc(-c4ccc5c(c4)C(CCCOCC4CO4)(COCC4CO4)c4ccccc4-5)c4ccc(c1)c2c34. The van der Waals surface area contributed by atoms with Gasteiger partial charge in [-0.25, -0.2) is 0 Å². The summed E-state index contributed by atoms with van der Waals surface area (Å²) in [7, 11) is 0. The quantitative estimate of drug-likeness (QED) is 0.0732. The van der Waals surface area contributed by atoms with Gasteiger partial charge in [0, 0.05) is 12.0 Å². The molecule has 6 aromatic carbocycles. The van der Waals surface area contributed by atoms with Crippen LogP contribution in [0.5, 0.6) is 0 Å². The van der Waals surface area contributed by atoms with Crippen LogP contribution < -0.4 is 0 Å². The van der Waals surface area contributed by atoms with E-state index in [9.17, 15) is 0 Å². The third-order valence-electron chi connectivity index (χ3n) is 10.5. The molecule has 0 bridgehead atoms. The third kappa shape index (κ3) is 5.32. The van der Waals surface area contributed by atoms with E-state index in [4.69, 9.17) is 18.9 Å². The molecule has 9 rings (SSSR count). The maximum Gasteiger partial charge on any atom is 0.104 e. The number of benzene rings is 6. The number of rotatable bonds is 13. The van der Waals surface area contributed by atoms with Crippen molar-refractivity contribution < 1.29 is 18.9 Å². The van der Waals surface area contributed by atoms with Gasteiger partial charge < -0.3 is 18.9 Å². The molecule has 238 valence electrons. The molecule has 2 heterocycles. The second-order valence-electron chi connectivity index (χ2n) is 14.4. The van der Waals surface area contributed by atoms with Crippen LogP contribution in [0.25, 0.3) is 54.6 Å². The zero-order chi connectivity index (χ0) is 31.5. The summed E-state index contributed by atoms with van der Waals surface area (Å²) in [6, 6.07) is 34.8. The molecular formula is C43H42O4. The lowest BCUT2D eigenvalue weighted by Gasteiger charge is -2.32. The van der Waals surface area contributed by atoms with Crippen molar-refractivity contribution >= 4 is 32.3 Å². The molecule has 0 saturated carbocycles. The van der Waals surface area contributed by atoms with Gasteiger partial charge >= 0.3 is 0 Å². The Morgan fingerprint density at radius 3 is 2.17 bits per heavy atom. The van der Waals surface area contributed by atoms with Crippen molar-refractivity contribution in [1.29, 1.82) is 0 Å². The van der Waals surface area contributed by atoms with Gasteiger partial charge in [-0.3, -0.25) is 0 Å². The van der Waals surface area contributed by atoms with E-state index in [0.29, 0.717) is 25.7 Å². The highest BCUT2D eigenvalue weighted by Gasteiger charge is 2.43. The van der Waals surface area contributed by atoms with Crippen molar-refractivity contribution in [2.75, 3.05) is 39.6 Å². The monoisotopic (exact) mass is 622 g/mol. The zero-order valence-corrected chi connectivity index (χ0v) is 27.4. The van der Waals surface area contributed by atoms with E-state index in [1.54, 1.807) is 0 Å². The maximum absolute atomic E-state index is 6.50. The Bertz CT molecular complexity index is 2070. The molecule has 0 aromatic heterocycles. The lowest BCUT2D eigenvalue weighted by atomic mass is 9.74. The van der Waals surface area contributed by atoms with Crippen LogP contribution in [0.3, 0.4) is 0 Å². The van der Waals surface area contributed by atoms with E-state index in [1.165, 1.54) is 71.3 Å². The molecule has 2 aliphatic heterocycles. The summed E-state index contributed by atoms with van der Waals surface area (Å²) < 4.78 is 23.4. The third-order valence-corrected chi connectivity index (χ3v) is 10.5. The number of hydrogen-bond donors (Lipinski definition) is 0. The summed E-state index contributed by atoms with van der Waals surface area (Å²) in [5, 5.41) is 8.04. The van der Waals surface area contributed by atoms with Gasteiger partial charge in [-0.1, -0.05) is 98.8 Å². The first-order chi connectivity index (χ1) is 23.1. The smallest absolute Gasteiger partial charge is 0.104 e. The summed E-state index contributed by atoms with van der Waals surface area (Å²) in [6.07, 6.45) is 3.52. The van der Waals surface area contributed by atoms with Gasteiger partial charge in [0.05, 0.1) is 33.0 Å². The molecule has 3 atom stereocenters. The summed E-state index contributed by atoms with van der Waals surface area (Å²) in [4.78, 5) is 0. The fraction of sp³-hybridized carbons (Fsp3) is 0.349. The van der Waals surface area contributed by atoms with Crippen molar-refractivity contribution in [3.8, 4) is 22.3 Å². The summed E-state index contributed by atoms with van der Waals surface area (Å²) in [5.74, 6) is 0.630. The normalized spacial score (nSPS) is 21.3. The molecule has 0 radical (unpaired) electrons. The van der Waals surface area contributed by atoms with Crippen LogP contribution in [0.4, 0.5) is 0 Å². The van der Waals surface area contributed by atoms with E-state index in [1.807, 2.05) is 0 Å². The molecule has 3 unspecified atom stereocenters. The van der Waals surface area contributed by atoms with Crippen LogP contribution in [0.1, 0.15) is 43.4 Å². The molecule has 0 spiro atoms. The predicted molar refractivity (Wildman–Crippen MR) is 191 cm³/mol. The molecule has 1 aliphatic carbocycles. The van der Waals surface area contributed by atoms with Gasteiger partial charge in [0.1, 0.15) is 12.2 Å². The standard InChI is InChI=1S/C43H42O4/c1-27(2)18-28-19-31-9-8-29-10-13-35(38-15-12-32(20-28)41(31)42(29)38)30-11-14-37-36-6-3-4-7-39(36)43(40(37)21-30,26-45-23-34-25-47-34)16-5-17-44-22-33-24-46-33/h3-4,6-15,19-21,27,33-34H,5,16-18,22-26H2,1-2H3. The van der Waals surface area contributed by atoms with Gasteiger partial charge in [0.15, 0.2) is 0 Å². The number of ether oxygens (including phenoxy) is 4. The predicted octanol–water partition coefficient (Wildman–Crippen LogP) is 9.33. The van der Waals surface area contributed by atoms with Gasteiger partial charge in [-0.2, -0.15) is 0 Å². The second kappa shape index (κ2) is 11.7. The minimum absolute atomic E-state index is 0.232. The van der Waals surface area contributed by atoms with Crippen LogP contribution in [0, 0.1) is 5.92 Å². The average molecular weight is 623 g/mol. The summed E-state index contributed by atoms with van der Waals surface area (Å²) in [6.45, 7) is 8.90. The molecule has 4 nitrogen and oxygen atoms in total. The minimum atomic E-state index is -0.257. The highest BCUT2D eigenvalue weighted by Crippen LogP contribution is 2.53. The van der Waals surface area contributed by atoms with Crippen LogP contribution in [0.2, 0.25) is 0 Å². The first-order valence-corrected chi connectivity index (χ1v) is 17.4. The number of fused-ring (bicyclic) bond motifs is 3. The molecule has 6 aromatic rings. The van der Waals surface area contributed by atoms with Crippen molar-refractivity contribution in [3.05, 3.63) is 108 Å². The molecule has 0 N–H and O–H groups in total. The fourth-order valence-corrected chi connectivity index (χ4v) is 8.23. The van der Waals surface area contributed by atoms with Crippen molar-refractivity contribution in [3.63, 3.8) is 0 Å². The first kappa shape index (κ1) is 29.3. The van der Waals surface area contributed by atoms with E-state index >= 15 is 0 Å². The Morgan fingerprint density at radius 1 is 0.702 bits per heavy atom. The van der Waals surface area contributed by atoms with Crippen LogP contribution in [-0.4, -0.2) is 51.8 Å². The summed E-state index contributed by atoms with van der Waals surface area (Å²) in [5.41, 5.74) is 9.07. The Hall–Kier alpha value is -3.80. The number of epoxide rings is 2. The van der Waals surface area contributed by atoms with Crippen LogP contribution >= 0.6 is 0 Å². The molecule has 0 amide bonds. The highest BCUT2D eigenvalue weighted by atomic mass is 16.6.